The molecule has 1 aromatic heterocycles. The van der Waals surface area contributed by atoms with Gasteiger partial charge >= 0.3 is 6.09 Å². The highest BCUT2D eigenvalue weighted by Gasteiger charge is 2.23. The minimum absolute atomic E-state index is 0.0804. The number of aromatic nitrogens is 1. The van der Waals surface area contributed by atoms with Gasteiger partial charge in [0.1, 0.15) is 0 Å². The number of hydrogen-bond acceptors (Lipinski definition) is 5. The van der Waals surface area contributed by atoms with Crippen LogP contribution in [-0.2, 0) is 16.6 Å². The van der Waals surface area contributed by atoms with Gasteiger partial charge in [0.05, 0.1) is 17.3 Å². The molecule has 26 heavy (non-hydrogen) atoms. The molecule has 0 radical (unpaired) electrons. The highest BCUT2D eigenvalue weighted by molar-refractivity contribution is 7.09. The quantitative estimate of drug-likeness (QED) is 0.604. The maximum Gasteiger partial charge on any atom is 0.409 e. The van der Waals surface area contributed by atoms with Gasteiger partial charge in [-0.2, -0.15) is 0 Å². The number of piperidine rings is 1. The fourth-order valence-electron chi connectivity index (χ4n) is 2.72. The largest absolute Gasteiger partial charge is 0.450 e. The number of thiazole rings is 1. The molecule has 1 fully saturated rings. The maximum absolute atomic E-state index is 11.7. The molecule has 2 rings (SSSR count). The Morgan fingerprint density at radius 3 is 2.73 bits per heavy atom. The van der Waals surface area contributed by atoms with Gasteiger partial charge in [-0.15, -0.1) is 11.3 Å². The van der Waals surface area contributed by atoms with Crippen LogP contribution in [0.15, 0.2) is 10.4 Å². The average Bonchev–Trinajstić information content (AvgIpc) is 3.05. The van der Waals surface area contributed by atoms with Crippen molar-refractivity contribution in [2.75, 3.05) is 26.2 Å². The highest BCUT2D eigenvalue weighted by atomic mass is 32.1. The van der Waals surface area contributed by atoms with E-state index in [-0.39, 0.29) is 17.6 Å². The van der Waals surface area contributed by atoms with E-state index in [0.29, 0.717) is 32.2 Å². The van der Waals surface area contributed by atoms with Crippen molar-refractivity contribution in [3.8, 4) is 0 Å². The summed E-state index contributed by atoms with van der Waals surface area (Å²) < 4.78 is 5.03. The van der Waals surface area contributed by atoms with E-state index >= 15 is 0 Å². The van der Waals surface area contributed by atoms with E-state index in [1.54, 1.807) is 16.2 Å². The van der Waals surface area contributed by atoms with Crippen molar-refractivity contribution in [2.45, 2.75) is 58.4 Å². The zero-order valence-corrected chi connectivity index (χ0v) is 17.1. The molecule has 146 valence electrons. The summed E-state index contributed by atoms with van der Waals surface area (Å²) >= 11 is 1.68. The molecule has 3 N–H and O–H groups in total. The first kappa shape index (κ1) is 20.5. The van der Waals surface area contributed by atoms with Gasteiger partial charge in [0.25, 0.3) is 0 Å². The molecule has 1 aliphatic heterocycles. The van der Waals surface area contributed by atoms with E-state index in [1.807, 2.05) is 6.92 Å². The molecule has 1 saturated heterocycles. The van der Waals surface area contributed by atoms with Crippen molar-refractivity contribution in [3.05, 3.63) is 16.1 Å². The first-order valence-electron chi connectivity index (χ1n) is 9.22. The number of aliphatic imine (C=N–C) groups is 1. The predicted molar refractivity (Wildman–Crippen MR) is 106 cm³/mol. The van der Waals surface area contributed by atoms with Crippen molar-refractivity contribution in [1.29, 1.82) is 0 Å². The normalized spacial score (nSPS) is 16.6. The van der Waals surface area contributed by atoms with E-state index in [4.69, 9.17) is 10.5 Å². The molecule has 0 saturated carbocycles. The Kier molecular flexibility index (Phi) is 7.25. The summed E-state index contributed by atoms with van der Waals surface area (Å²) in [5.74, 6) is 0.465. The van der Waals surface area contributed by atoms with E-state index in [1.165, 1.54) is 0 Å². The SMILES string of the molecule is CCOC(=O)N1CCC(NC(N)=NCCc2nc(C(C)(C)C)cs2)CC1. The van der Waals surface area contributed by atoms with E-state index in [0.717, 1.165) is 30.0 Å². The zero-order valence-electron chi connectivity index (χ0n) is 16.2. The summed E-state index contributed by atoms with van der Waals surface area (Å²) in [6.45, 7) is 10.7. The Balaban J connectivity index is 1.72. The number of carbonyl (C=O) groups excluding carboxylic acids is 1. The number of guanidine groups is 1. The fourth-order valence-corrected chi connectivity index (χ4v) is 3.73. The van der Waals surface area contributed by atoms with Crippen LogP contribution in [0.4, 0.5) is 4.79 Å². The Morgan fingerprint density at radius 1 is 1.46 bits per heavy atom. The van der Waals surface area contributed by atoms with Gasteiger partial charge in [-0.25, -0.2) is 9.78 Å². The molecule has 0 aromatic carbocycles. The van der Waals surface area contributed by atoms with Crippen LogP contribution in [0.25, 0.3) is 0 Å². The van der Waals surface area contributed by atoms with Gasteiger partial charge in [-0.3, -0.25) is 4.99 Å². The van der Waals surface area contributed by atoms with E-state index in [9.17, 15) is 4.79 Å². The molecule has 1 aromatic rings. The number of likely N-dealkylation sites (tertiary alicyclic amines) is 1. The average molecular weight is 382 g/mol. The molecule has 8 heteroatoms. The smallest absolute Gasteiger partial charge is 0.409 e. The number of nitrogens with zero attached hydrogens (tertiary/aromatic N) is 3. The van der Waals surface area contributed by atoms with Crippen LogP contribution >= 0.6 is 11.3 Å². The number of rotatable bonds is 5. The third-order valence-corrected chi connectivity index (χ3v) is 5.21. The molecule has 7 nitrogen and oxygen atoms in total. The predicted octanol–water partition coefficient (Wildman–Crippen LogP) is 2.51. The zero-order chi connectivity index (χ0) is 19.2. The molecular formula is C18H31N5O2S. The monoisotopic (exact) mass is 381 g/mol. The molecule has 1 aliphatic rings. The third-order valence-electron chi connectivity index (χ3n) is 4.30. The van der Waals surface area contributed by atoms with Crippen LogP contribution in [0, 0.1) is 0 Å². The van der Waals surface area contributed by atoms with Gasteiger partial charge in [0, 0.05) is 42.9 Å². The Morgan fingerprint density at radius 2 is 2.15 bits per heavy atom. The summed E-state index contributed by atoms with van der Waals surface area (Å²) in [5, 5.41) is 6.47. The van der Waals surface area contributed by atoms with E-state index < -0.39 is 0 Å². The van der Waals surface area contributed by atoms with Crippen LogP contribution in [0.3, 0.4) is 0 Å². The summed E-state index contributed by atoms with van der Waals surface area (Å²) in [6.07, 6.45) is 2.25. The summed E-state index contributed by atoms with van der Waals surface area (Å²) in [4.78, 5) is 22.5. The van der Waals surface area contributed by atoms with Crippen LogP contribution in [0.2, 0.25) is 0 Å². The van der Waals surface area contributed by atoms with Crippen molar-refractivity contribution in [1.82, 2.24) is 15.2 Å². The Bertz CT molecular complexity index is 615. The van der Waals surface area contributed by atoms with E-state index in [2.05, 4.69) is 41.4 Å². The summed E-state index contributed by atoms with van der Waals surface area (Å²) in [7, 11) is 0. The first-order chi connectivity index (χ1) is 12.3. The molecule has 2 heterocycles. The fraction of sp³-hybridized carbons (Fsp3) is 0.722. The third kappa shape index (κ3) is 6.16. The molecule has 0 atom stereocenters. The summed E-state index contributed by atoms with van der Waals surface area (Å²) in [5.41, 5.74) is 7.21. The number of hydrogen-bond donors (Lipinski definition) is 2. The second-order valence-corrected chi connectivity index (χ2v) is 8.44. The lowest BCUT2D eigenvalue weighted by Gasteiger charge is -2.31. The van der Waals surface area contributed by atoms with Gasteiger partial charge in [-0.1, -0.05) is 20.8 Å². The van der Waals surface area contributed by atoms with Gasteiger partial charge in [0.15, 0.2) is 5.96 Å². The molecular weight excluding hydrogens is 350 g/mol. The molecule has 0 bridgehead atoms. The van der Waals surface area contributed by atoms with Crippen LogP contribution < -0.4 is 11.1 Å². The number of ether oxygens (including phenoxy) is 1. The molecule has 0 unspecified atom stereocenters. The van der Waals surface area contributed by atoms with Gasteiger partial charge in [0.2, 0.25) is 0 Å². The standard InChI is InChI=1S/C18H31N5O2S/c1-5-25-17(24)23-10-7-13(8-11-23)21-16(19)20-9-6-15-22-14(12-26-15)18(2,3)4/h12-13H,5-11H2,1-4H3,(H3,19,20,21). The minimum Gasteiger partial charge on any atom is -0.450 e. The van der Waals surface area contributed by atoms with Crippen molar-refractivity contribution < 1.29 is 9.53 Å². The Hall–Kier alpha value is -1.83. The molecule has 1 amide bonds. The second kappa shape index (κ2) is 9.21. The highest BCUT2D eigenvalue weighted by Crippen LogP contribution is 2.24. The minimum atomic E-state index is -0.231. The van der Waals surface area contributed by atoms with Crippen molar-refractivity contribution in [3.63, 3.8) is 0 Å². The summed E-state index contributed by atoms with van der Waals surface area (Å²) in [6, 6.07) is 0.247. The Labute approximate surface area is 160 Å². The van der Waals surface area contributed by atoms with Crippen LogP contribution in [0.5, 0.6) is 0 Å². The van der Waals surface area contributed by atoms with Gasteiger partial charge < -0.3 is 20.7 Å². The maximum atomic E-state index is 11.7. The van der Waals surface area contributed by atoms with Crippen molar-refractivity contribution >= 4 is 23.4 Å². The number of nitrogens with two attached hydrogens (primary N) is 1. The van der Waals surface area contributed by atoms with Crippen LogP contribution in [0.1, 0.15) is 51.2 Å². The molecule has 0 aliphatic carbocycles. The van der Waals surface area contributed by atoms with Gasteiger partial charge in [-0.05, 0) is 19.8 Å². The van der Waals surface area contributed by atoms with Crippen LogP contribution in [-0.4, -0.2) is 54.2 Å². The topological polar surface area (TPSA) is 92.8 Å². The lowest BCUT2D eigenvalue weighted by atomic mass is 9.93. The second-order valence-electron chi connectivity index (χ2n) is 7.50. The molecule has 0 spiro atoms. The van der Waals surface area contributed by atoms with Crippen molar-refractivity contribution in [2.24, 2.45) is 10.7 Å². The first-order valence-corrected chi connectivity index (χ1v) is 10.1. The number of carbonyl (C=O) groups is 1. The lowest BCUT2D eigenvalue weighted by Crippen LogP contribution is -2.48. The number of amides is 1. The number of nitrogens with one attached hydrogen (secondary N) is 1. The lowest BCUT2D eigenvalue weighted by molar-refractivity contribution is 0.0963.